The van der Waals surface area contributed by atoms with Crippen LogP contribution in [0, 0.1) is 5.92 Å². The summed E-state index contributed by atoms with van der Waals surface area (Å²) in [5, 5.41) is 29.3. The Morgan fingerprint density at radius 3 is 2.70 bits per heavy atom. The second-order valence-electron chi connectivity index (χ2n) is 4.79. The van der Waals surface area contributed by atoms with Crippen LogP contribution in [0.1, 0.15) is 6.04 Å². The van der Waals surface area contributed by atoms with Gasteiger partial charge in [0, 0.05) is 5.92 Å². The van der Waals surface area contributed by atoms with Gasteiger partial charge in [0.15, 0.2) is 11.5 Å². The molecule has 106 valence electrons. The summed E-state index contributed by atoms with van der Waals surface area (Å²) in [6.07, 6.45) is 4.11. The van der Waals surface area contributed by atoms with Crippen molar-refractivity contribution in [2.24, 2.45) is 5.92 Å². The Bertz CT molecular complexity index is 656. The predicted octanol–water partition coefficient (Wildman–Crippen LogP) is -1.15. The first kappa shape index (κ1) is 13.0. The quantitative estimate of drug-likeness (QED) is 0.510. The highest BCUT2D eigenvalue weighted by molar-refractivity contribution is 5.81. The monoisotopic (exact) mass is 277 g/mol. The SMILES string of the molecule is Nc1ncnc2c1ncn2[C@H]1C=C[C@@H](CO)[C@H](O)[C@H]1O. The van der Waals surface area contributed by atoms with Gasteiger partial charge < -0.3 is 25.6 Å². The Labute approximate surface area is 114 Å². The molecule has 0 bridgehead atoms. The summed E-state index contributed by atoms with van der Waals surface area (Å²) in [5.74, 6) is -0.215. The molecule has 0 aliphatic heterocycles. The van der Waals surface area contributed by atoms with E-state index >= 15 is 0 Å². The van der Waals surface area contributed by atoms with Gasteiger partial charge in [-0.3, -0.25) is 0 Å². The number of aliphatic hydroxyl groups excluding tert-OH is 3. The Balaban J connectivity index is 2.05. The Morgan fingerprint density at radius 1 is 1.15 bits per heavy atom. The first-order valence-electron chi connectivity index (χ1n) is 6.21. The first-order chi connectivity index (χ1) is 9.63. The summed E-state index contributed by atoms with van der Waals surface area (Å²) in [5.41, 5.74) is 6.65. The molecular formula is C12H15N5O3. The van der Waals surface area contributed by atoms with E-state index in [-0.39, 0.29) is 12.4 Å². The van der Waals surface area contributed by atoms with Crippen LogP contribution in [0.4, 0.5) is 5.82 Å². The van der Waals surface area contributed by atoms with Gasteiger partial charge in [-0.25, -0.2) is 15.0 Å². The molecule has 0 radical (unpaired) electrons. The molecule has 0 unspecified atom stereocenters. The van der Waals surface area contributed by atoms with Gasteiger partial charge in [-0.15, -0.1) is 0 Å². The molecule has 2 heterocycles. The zero-order valence-corrected chi connectivity index (χ0v) is 10.5. The van der Waals surface area contributed by atoms with Crippen molar-refractivity contribution >= 4 is 17.0 Å². The average Bonchev–Trinajstić information content (AvgIpc) is 2.87. The number of rotatable bonds is 2. The highest BCUT2D eigenvalue weighted by atomic mass is 16.3. The number of aromatic nitrogens is 4. The zero-order chi connectivity index (χ0) is 14.3. The summed E-state index contributed by atoms with van der Waals surface area (Å²) < 4.78 is 1.63. The van der Waals surface area contributed by atoms with E-state index in [1.165, 1.54) is 12.7 Å². The van der Waals surface area contributed by atoms with Gasteiger partial charge >= 0.3 is 0 Å². The molecule has 20 heavy (non-hydrogen) atoms. The minimum absolute atomic E-state index is 0.221. The van der Waals surface area contributed by atoms with Gasteiger partial charge in [-0.1, -0.05) is 12.2 Å². The molecule has 3 rings (SSSR count). The molecule has 0 amide bonds. The van der Waals surface area contributed by atoms with Crippen molar-refractivity contribution in [2.45, 2.75) is 18.2 Å². The summed E-state index contributed by atoms with van der Waals surface area (Å²) in [6, 6.07) is -0.521. The van der Waals surface area contributed by atoms with Crippen molar-refractivity contribution < 1.29 is 15.3 Å². The summed E-state index contributed by atoms with van der Waals surface area (Å²) in [4.78, 5) is 12.1. The van der Waals surface area contributed by atoms with Crippen LogP contribution in [-0.4, -0.2) is 53.7 Å². The fraction of sp³-hybridized carbons (Fsp3) is 0.417. The second-order valence-corrected chi connectivity index (χ2v) is 4.79. The molecule has 0 saturated carbocycles. The number of hydrogen-bond donors (Lipinski definition) is 4. The molecule has 5 N–H and O–H groups in total. The molecule has 1 aliphatic rings. The van der Waals surface area contributed by atoms with Crippen molar-refractivity contribution in [3.05, 3.63) is 24.8 Å². The number of nitrogen functional groups attached to an aromatic ring is 1. The van der Waals surface area contributed by atoms with Crippen LogP contribution in [-0.2, 0) is 0 Å². The standard InChI is InChI=1S/C12H15N5O3/c13-11-8-12(15-4-14-11)17(5-16-8)7-2-1-6(3-18)9(19)10(7)20/h1-2,4-7,9-10,18-20H,3H2,(H2,13,14,15)/t6-,7-,9-,10-/m0/s1. The van der Waals surface area contributed by atoms with E-state index in [1.807, 2.05) is 0 Å². The molecule has 8 heteroatoms. The lowest BCUT2D eigenvalue weighted by molar-refractivity contribution is -0.0414. The van der Waals surface area contributed by atoms with Crippen LogP contribution in [0.2, 0.25) is 0 Å². The third-order valence-corrected chi connectivity index (χ3v) is 3.61. The maximum atomic E-state index is 10.2. The van der Waals surface area contributed by atoms with Crippen LogP contribution in [0.15, 0.2) is 24.8 Å². The number of imidazole rings is 1. The van der Waals surface area contributed by atoms with Gasteiger partial charge in [-0.05, 0) is 0 Å². The smallest absolute Gasteiger partial charge is 0.166 e. The molecule has 0 spiro atoms. The highest BCUT2D eigenvalue weighted by Crippen LogP contribution is 2.29. The maximum absolute atomic E-state index is 10.2. The lowest BCUT2D eigenvalue weighted by Gasteiger charge is -2.33. The zero-order valence-electron chi connectivity index (χ0n) is 10.5. The third kappa shape index (κ3) is 1.85. The third-order valence-electron chi connectivity index (χ3n) is 3.61. The number of fused-ring (bicyclic) bond motifs is 1. The van der Waals surface area contributed by atoms with Crippen molar-refractivity contribution in [2.75, 3.05) is 12.3 Å². The van der Waals surface area contributed by atoms with Crippen LogP contribution >= 0.6 is 0 Å². The lowest BCUT2D eigenvalue weighted by Crippen LogP contribution is -2.42. The van der Waals surface area contributed by atoms with E-state index in [2.05, 4.69) is 15.0 Å². The van der Waals surface area contributed by atoms with E-state index in [1.54, 1.807) is 16.7 Å². The van der Waals surface area contributed by atoms with Crippen molar-refractivity contribution in [3.63, 3.8) is 0 Å². The second kappa shape index (κ2) is 4.82. The van der Waals surface area contributed by atoms with E-state index in [0.29, 0.717) is 11.2 Å². The number of nitrogens with zero attached hydrogens (tertiary/aromatic N) is 4. The Hall–Kier alpha value is -2.03. The first-order valence-corrected chi connectivity index (χ1v) is 6.21. The molecule has 2 aromatic rings. The van der Waals surface area contributed by atoms with E-state index in [0.717, 1.165) is 0 Å². The predicted molar refractivity (Wildman–Crippen MR) is 70.5 cm³/mol. The van der Waals surface area contributed by atoms with Crippen LogP contribution in [0.25, 0.3) is 11.2 Å². The van der Waals surface area contributed by atoms with Gasteiger partial charge in [-0.2, -0.15) is 0 Å². The normalized spacial score (nSPS) is 29.9. The maximum Gasteiger partial charge on any atom is 0.166 e. The fourth-order valence-electron chi connectivity index (χ4n) is 2.45. The topological polar surface area (TPSA) is 130 Å². The number of anilines is 1. The summed E-state index contributed by atoms with van der Waals surface area (Å²) in [6.45, 7) is -0.221. The molecule has 4 atom stereocenters. The number of nitrogens with two attached hydrogens (primary N) is 1. The Kier molecular flexibility index (Phi) is 3.13. The van der Waals surface area contributed by atoms with Crippen LogP contribution in [0.5, 0.6) is 0 Å². The minimum Gasteiger partial charge on any atom is -0.396 e. The molecule has 0 saturated heterocycles. The van der Waals surface area contributed by atoms with Crippen LogP contribution in [0.3, 0.4) is 0 Å². The van der Waals surface area contributed by atoms with Gasteiger partial charge in [0.25, 0.3) is 0 Å². The van der Waals surface area contributed by atoms with Crippen molar-refractivity contribution in [1.82, 2.24) is 19.5 Å². The molecule has 1 aliphatic carbocycles. The number of hydrogen-bond acceptors (Lipinski definition) is 7. The molecule has 0 aromatic carbocycles. The highest BCUT2D eigenvalue weighted by Gasteiger charge is 2.35. The molecule has 2 aromatic heterocycles. The van der Waals surface area contributed by atoms with Crippen molar-refractivity contribution in [1.29, 1.82) is 0 Å². The largest absolute Gasteiger partial charge is 0.396 e. The average molecular weight is 277 g/mol. The molecular weight excluding hydrogens is 262 g/mol. The summed E-state index contributed by atoms with van der Waals surface area (Å²) >= 11 is 0. The molecule has 0 fully saturated rings. The van der Waals surface area contributed by atoms with Crippen LogP contribution < -0.4 is 5.73 Å². The van der Waals surface area contributed by atoms with Gasteiger partial charge in [0.05, 0.1) is 25.1 Å². The lowest BCUT2D eigenvalue weighted by atomic mass is 9.88. The van der Waals surface area contributed by atoms with Gasteiger partial charge in [0.1, 0.15) is 17.9 Å². The van der Waals surface area contributed by atoms with E-state index in [4.69, 9.17) is 10.8 Å². The van der Waals surface area contributed by atoms with E-state index in [9.17, 15) is 10.2 Å². The Morgan fingerprint density at radius 2 is 1.95 bits per heavy atom. The molecule has 8 nitrogen and oxygen atoms in total. The van der Waals surface area contributed by atoms with E-state index < -0.39 is 24.2 Å². The van der Waals surface area contributed by atoms with Gasteiger partial charge in [0.2, 0.25) is 0 Å². The summed E-state index contributed by atoms with van der Waals surface area (Å²) in [7, 11) is 0. The van der Waals surface area contributed by atoms with Crippen molar-refractivity contribution in [3.8, 4) is 0 Å². The fourth-order valence-corrected chi connectivity index (χ4v) is 2.45. The minimum atomic E-state index is -1.06. The number of aliphatic hydroxyl groups is 3.